The smallest absolute Gasteiger partial charge is 0.224 e. The quantitative estimate of drug-likeness (QED) is 0.330. The lowest BCUT2D eigenvalue weighted by molar-refractivity contribution is 0.180. The molecule has 1 N–H and O–H groups in total. The summed E-state index contributed by atoms with van der Waals surface area (Å²) in [5, 5.41) is 8.61. The van der Waals surface area contributed by atoms with Crippen molar-refractivity contribution in [3.63, 3.8) is 0 Å². The molecule has 7 rings (SSSR count). The van der Waals surface area contributed by atoms with Gasteiger partial charge in [-0.1, -0.05) is 0 Å². The highest BCUT2D eigenvalue weighted by Crippen LogP contribution is 2.44. The Balaban J connectivity index is 1.22. The van der Waals surface area contributed by atoms with E-state index < -0.39 is 0 Å². The number of piperidine rings is 1. The first-order chi connectivity index (χ1) is 19.6. The van der Waals surface area contributed by atoms with Gasteiger partial charge in [-0.05, 0) is 75.7 Å². The molecule has 2 saturated heterocycles. The summed E-state index contributed by atoms with van der Waals surface area (Å²) < 4.78 is 13.6. The predicted octanol–water partition coefficient (Wildman–Crippen LogP) is 4.59. The number of benzene rings is 2. The summed E-state index contributed by atoms with van der Waals surface area (Å²) in [4.78, 5) is 22.9. The number of aromatic nitrogens is 6. The number of rotatable bonds is 6. The molecule has 0 aliphatic carbocycles. The Morgan fingerprint density at radius 1 is 0.925 bits per heavy atom. The van der Waals surface area contributed by atoms with Gasteiger partial charge in [-0.15, -0.1) is 0 Å². The number of methoxy groups -OCH3 is 1. The summed E-state index contributed by atoms with van der Waals surface area (Å²) in [7, 11) is 3.98. The van der Waals surface area contributed by atoms with Gasteiger partial charge < -0.3 is 24.6 Å². The lowest BCUT2D eigenvalue weighted by atomic mass is 9.97. The van der Waals surface area contributed by atoms with E-state index in [0.717, 1.165) is 58.9 Å². The molecule has 2 unspecified atom stereocenters. The van der Waals surface area contributed by atoms with Crippen LogP contribution >= 0.6 is 0 Å². The van der Waals surface area contributed by atoms with Gasteiger partial charge in [0.15, 0.2) is 5.65 Å². The minimum absolute atomic E-state index is 0.440. The summed E-state index contributed by atoms with van der Waals surface area (Å²) in [5.74, 6) is 2.76. The highest BCUT2D eigenvalue weighted by atomic mass is 16.5. The maximum atomic E-state index is 6.07. The van der Waals surface area contributed by atoms with Crippen molar-refractivity contribution >= 4 is 33.7 Å². The number of ether oxygens (including phenoxy) is 2. The molecule has 11 heteroatoms. The Labute approximate surface area is 231 Å². The maximum Gasteiger partial charge on any atom is 0.224 e. The minimum atomic E-state index is 0.440. The van der Waals surface area contributed by atoms with E-state index in [4.69, 9.17) is 14.5 Å². The van der Waals surface area contributed by atoms with Crippen LogP contribution in [0.25, 0.3) is 16.6 Å². The summed E-state index contributed by atoms with van der Waals surface area (Å²) in [6.45, 7) is 4.14. The molecule has 5 heterocycles. The molecule has 3 aromatic heterocycles. The predicted molar refractivity (Wildman–Crippen MR) is 153 cm³/mol. The number of anilines is 3. The standard InChI is InChI=1S/C29H31N9O2/c1-18-13-19(6-8-23(18)40-26-14-25-31-16-34-38(25)17-33-26)35-29-27-20(30-15-32-29)7-9-24(39-3)28(27)37-12-10-21-22(37)5-4-11-36(21)2/h6-9,13-17,21-22H,4-5,10-12H2,1-3H3,(H,30,32,35). The molecule has 2 aliphatic rings. The molecule has 2 fully saturated rings. The van der Waals surface area contributed by atoms with Gasteiger partial charge in [0.1, 0.15) is 36.3 Å². The van der Waals surface area contributed by atoms with Crippen molar-refractivity contribution in [2.75, 3.05) is 37.5 Å². The molecule has 0 radical (unpaired) electrons. The number of fused-ring (bicyclic) bond motifs is 3. The first kappa shape index (κ1) is 24.5. The van der Waals surface area contributed by atoms with Crippen molar-refractivity contribution < 1.29 is 9.47 Å². The SMILES string of the molecule is COc1ccc2ncnc(Nc3ccc(Oc4cc5ncnn5cn4)c(C)c3)c2c1N1CCC2C1CCCN2C. The molecule has 0 spiro atoms. The number of hydrogen-bond acceptors (Lipinski definition) is 10. The van der Waals surface area contributed by atoms with Crippen LogP contribution in [-0.4, -0.2) is 73.8 Å². The number of likely N-dealkylation sites (tertiary alicyclic amines) is 1. The number of aryl methyl sites for hydroxylation is 1. The molecule has 11 nitrogen and oxygen atoms in total. The van der Waals surface area contributed by atoms with E-state index in [-0.39, 0.29) is 0 Å². The van der Waals surface area contributed by atoms with Crippen molar-refractivity contribution in [1.82, 2.24) is 34.4 Å². The number of nitrogens with zero attached hydrogens (tertiary/aromatic N) is 8. The third-order valence-electron chi connectivity index (χ3n) is 8.13. The normalized spacial score (nSPS) is 19.2. The molecule has 2 aliphatic heterocycles. The molecule has 0 saturated carbocycles. The van der Waals surface area contributed by atoms with Gasteiger partial charge in [-0.2, -0.15) is 5.10 Å². The average Bonchev–Trinajstić information content (AvgIpc) is 3.62. The molecular formula is C29H31N9O2. The van der Waals surface area contributed by atoms with Crippen LogP contribution in [0.15, 0.2) is 55.4 Å². The lowest BCUT2D eigenvalue weighted by Gasteiger charge is -2.39. The van der Waals surface area contributed by atoms with Crippen molar-refractivity contribution in [1.29, 1.82) is 0 Å². The summed E-state index contributed by atoms with van der Waals surface area (Å²) in [6.07, 6.45) is 8.18. The molecule has 204 valence electrons. The van der Waals surface area contributed by atoms with E-state index in [1.165, 1.54) is 19.2 Å². The Morgan fingerprint density at radius 3 is 2.70 bits per heavy atom. The van der Waals surface area contributed by atoms with E-state index in [2.05, 4.69) is 42.2 Å². The van der Waals surface area contributed by atoms with Crippen LogP contribution in [0.5, 0.6) is 17.4 Å². The molecule has 40 heavy (non-hydrogen) atoms. The van der Waals surface area contributed by atoms with E-state index in [1.807, 2.05) is 37.3 Å². The van der Waals surface area contributed by atoms with E-state index >= 15 is 0 Å². The van der Waals surface area contributed by atoms with Crippen molar-refractivity contribution in [3.05, 3.63) is 60.9 Å². The van der Waals surface area contributed by atoms with Crippen molar-refractivity contribution in [2.45, 2.75) is 38.3 Å². The molecule has 0 amide bonds. The molecule has 0 bridgehead atoms. The third kappa shape index (κ3) is 4.22. The van der Waals surface area contributed by atoms with Crippen LogP contribution in [-0.2, 0) is 0 Å². The van der Waals surface area contributed by atoms with E-state index in [0.29, 0.717) is 29.4 Å². The highest BCUT2D eigenvalue weighted by molar-refractivity contribution is 6.03. The second-order valence-corrected chi connectivity index (χ2v) is 10.5. The Kier molecular flexibility index (Phi) is 6.07. The van der Waals surface area contributed by atoms with Gasteiger partial charge in [0.25, 0.3) is 0 Å². The topological polar surface area (TPSA) is 106 Å². The van der Waals surface area contributed by atoms with Crippen LogP contribution in [0.4, 0.5) is 17.2 Å². The van der Waals surface area contributed by atoms with Crippen molar-refractivity contribution in [3.8, 4) is 17.4 Å². The van der Waals surface area contributed by atoms with Gasteiger partial charge in [-0.25, -0.2) is 24.5 Å². The fraction of sp³-hybridized carbons (Fsp3) is 0.345. The van der Waals surface area contributed by atoms with Gasteiger partial charge in [0, 0.05) is 30.4 Å². The van der Waals surface area contributed by atoms with Gasteiger partial charge in [0.2, 0.25) is 5.88 Å². The number of nitrogens with one attached hydrogen (secondary N) is 1. The monoisotopic (exact) mass is 537 g/mol. The summed E-state index contributed by atoms with van der Waals surface area (Å²) in [5.41, 5.74) is 4.48. The lowest BCUT2D eigenvalue weighted by Crippen LogP contribution is -2.47. The maximum absolute atomic E-state index is 6.07. The number of hydrogen-bond donors (Lipinski definition) is 1. The fourth-order valence-corrected chi connectivity index (χ4v) is 6.21. The second kappa shape index (κ2) is 9.91. The zero-order chi connectivity index (χ0) is 27.2. The van der Waals surface area contributed by atoms with Crippen LogP contribution in [0, 0.1) is 6.92 Å². The summed E-state index contributed by atoms with van der Waals surface area (Å²) >= 11 is 0. The average molecular weight is 538 g/mol. The molecule has 2 aromatic carbocycles. The van der Waals surface area contributed by atoms with Crippen LogP contribution in [0.1, 0.15) is 24.8 Å². The third-order valence-corrected chi connectivity index (χ3v) is 8.13. The second-order valence-electron chi connectivity index (χ2n) is 10.5. The zero-order valence-corrected chi connectivity index (χ0v) is 22.8. The zero-order valence-electron chi connectivity index (χ0n) is 22.8. The van der Waals surface area contributed by atoms with E-state index in [9.17, 15) is 0 Å². The first-order valence-corrected chi connectivity index (χ1v) is 13.6. The molecule has 5 aromatic rings. The molecular weight excluding hydrogens is 506 g/mol. The fourth-order valence-electron chi connectivity index (χ4n) is 6.21. The van der Waals surface area contributed by atoms with Crippen LogP contribution < -0.4 is 19.7 Å². The Hall–Kier alpha value is -4.51. The van der Waals surface area contributed by atoms with Crippen molar-refractivity contribution in [2.24, 2.45) is 0 Å². The molecule has 2 atom stereocenters. The summed E-state index contributed by atoms with van der Waals surface area (Å²) in [6, 6.07) is 12.7. The van der Waals surface area contributed by atoms with Gasteiger partial charge in [0.05, 0.1) is 23.7 Å². The van der Waals surface area contributed by atoms with Gasteiger partial charge in [-0.3, -0.25) is 0 Å². The Bertz CT molecular complexity index is 1700. The van der Waals surface area contributed by atoms with Crippen LogP contribution in [0.2, 0.25) is 0 Å². The van der Waals surface area contributed by atoms with Crippen LogP contribution in [0.3, 0.4) is 0 Å². The largest absolute Gasteiger partial charge is 0.495 e. The Morgan fingerprint density at radius 2 is 1.82 bits per heavy atom. The van der Waals surface area contributed by atoms with Gasteiger partial charge >= 0.3 is 0 Å². The number of likely N-dealkylation sites (N-methyl/N-ethyl adjacent to an activating group) is 1. The van der Waals surface area contributed by atoms with E-state index in [1.54, 1.807) is 30.3 Å². The minimum Gasteiger partial charge on any atom is -0.495 e. The highest BCUT2D eigenvalue weighted by Gasteiger charge is 2.40. The first-order valence-electron chi connectivity index (χ1n) is 13.6.